The molecule has 1 aromatic rings. The van der Waals surface area contributed by atoms with E-state index in [1.807, 2.05) is 13.8 Å². The molecule has 1 heterocycles. The Labute approximate surface area is 98.6 Å². The van der Waals surface area contributed by atoms with Gasteiger partial charge < -0.3 is 11.1 Å². The van der Waals surface area contributed by atoms with Crippen LogP contribution in [-0.2, 0) is 0 Å². The molecule has 3 N–H and O–H groups in total. The summed E-state index contributed by atoms with van der Waals surface area (Å²) in [6, 6.07) is 0.471. The Morgan fingerprint density at radius 3 is 2.81 bits per heavy atom. The minimum absolute atomic E-state index is 0.0596. The van der Waals surface area contributed by atoms with Gasteiger partial charge >= 0.3 is 0 Å². The number of amides is 1. The van der Waals surface area contributed by atoms with Crippen molar-refractivity contribution in [1.82, 2.24) is 14.9 Å². The lowest BCUT2D eigenvalue weighted by atomic mass is 9.87. The summed E-state index contributed by atoms with van der Waals surface area (Å²) in [5.74, 6) is 0.166. The molecule has 0 spiro atoms. The van der Waals surface area contributed by atoms with E-state index in [0.29, 0.717) is 4.88 Å². The molecule has 0 unspecified atom stereocenters. The third-order valence-corrected chi connectivity index (χ3v) is 3.52. The van der Waals surface area contributed by atoms with Crippen LogP contribution in [0.3, 0.4) is 0 Å². The molecule has 0 bridgehead atoms. The summed E-state index contributed by atoms with van der Waals surface area (Å²) in [5.41, 5.74) is 6.45. The van der Waals surface area contributed by atoms with Crippen molar-refractivity contribution in [3.63, 3.8) is 0 Å². The van der Waals surface area contributed by atoms with E-state index in [1.54, 1.807) is 0 Å². The van der Waals surface area contributed by atoms with E-state index in [-0.39, 0.29) is 23.9 Å². The molecule has 0 radical (unpaired) electrons. The first-order valence-corrected chi connectivity index (χ1v) is 6.24. The maximum Gasteiger partial charge on any atom is 0.265 e. The Balaban J connectivity index is 2.00. The first kappa shape index (κ1) is 11.5. The van der Waals surface area contributed by atoms with Gasteiger partial charge in [0, 0.05) is 12.1 Å². The van der Waals surface area contributed by atoms with Crippen molar-refractivity contribution in [1.29, 1.82) is 0 Å². The fraction of sp³-hybridized carbons (Fsp3) is 0.700. The number of carbonyl (C=O) groups is 1. The summed E-state index contributed by atoms with van der Waals surface area (Å²) in [7, 11) is 0. The van der Waals surface area contributed by atoms with Crippen molar-refractivity contribution in [2.24, 2.45) is 5.73 Å². The Hall–Kier alpha value is -1.01. The van der Waals surface area contributed by atoms with E-state index in [4.69, 9.17) is 5.73 Å². The SMILES string of the molecule is CC(C)c1nnsc1C(=O)NC1CC(N)C1. The maximum absolute atomic E-state index is 11.9. The summed E-state index contributed by atoms with van der Waals surface area (Å²) in [4.78, 5) is 12.6. The van der Waals surface area contributed by atoms with Crippen LogP contribution in [0.1, 0.15) is 48.0 Å². The van der Waals surface area contributed by atoms with Crippen LogP contribution in [-0.4, -0.2) is 27.6 Å². The summed E-state index contributed by atoms with van der Waals surface area (Å²) >= 11 is 1.16. The van der Waals surface area contributed by atoms with E-state index in [1.165, 1.54) is 0 Å². The van der Waals surface area contributed by atoms with E-state index in [0.717, 1.165) is 30.1 Å². The molecule has 88 valence electrons. The van der Waals surface area contributed by atoms with E-state index < -0.39 is 0 Å². The lowest BCUT2D eigenvalue weighted by Crippen LogP contribution is -2.50. The predicted octanol–water partition coefficient (Wildman–Crippen LogP) is 0.881. The summed E-state index contributed by atoms with van der Waals surface area (Å²) in [5, 5.41) is 6.94. The fourth-order valence-corrected chi connectivity index (χ4v) is 2.49. The highest BCUT2D eigenvalue weighted by Crippen LogP contribution is 2.22. The molecule has 16 heavy (non-hydrogen) atoms. The number of aromatic nitrogens is 2. The highest BCUT2D eigenvalue weighted by Gasteiger charge is 2.29. The molecular formula is C10H16N4OS. The molecule has 1 aliphatic carbocycles. The molecule has 1 amide bonds. The zero-order valence-electron chi connectivity index (χ0n) is 9.43. The minimum atomic E-state index is -0.0596. The lowest BCUT2D eigenvalue weighted by molar-refractivity contribution is 0.0913. The number of nitrogens with zero attached hydrogens (tertiary/aromatic N) is 2. The van der Waals surface area contributed by atoms with Crippen LogP contribution < -0.4 is 11.1 Å². The molecule has 0 atom stereocenters. The van der Waals surface area contributed by atoms with Gasteiger partial charge in [-0.2, -0.15) is 0 Å². The average Bonchev–Trinajstić information content (AvgIpc) is 2.63. The first-order chi connectivity index (χ1) is 7.58. The third kappa shape index (κ3) is 2.22. The predicted molar refractivity (Wildman–Crippen MR) is 62.5 cm³/mol. The van der Waals surface area contributed by atoms with Gasteiger partial charge in [-0.25, -0.2) is 0 Å². The Kier molecular flexibility index (Phi) is 3.20. The van der Waals surface area contributed by atoms with Crippen LogP contribution in [0.15, 0.2) is 0 Å². The second kappa shape index (κ2) is 4.47. The number of hydrogen-bond donors (Lipinski definition) is 2. The molecule has 1 aliphatic rings. The third-order valence-electron chi connectivity index (χ3n) is 2.78. The van der Waals surface area contributed by atoms with E-state index in [2.05, 4.69) is 14.9 Å². The smallest absolute Gasteiger partial charge is 0.265 e. The van der Waals surface area contributed by atoms with Crippen molar-refractivity contribution in [3.8, 4) is 0 Å². The molecule has 6 heteroatoms. The largest absolute Gasteiger partial charge is 0.348 e. The van der Waals surface area contributed by atoms with Crippen molar-refractivity contribution in [3.05, 3.63) is 10.6 Å². The molecule has 1 saturated carbocycles. The summed E-state index contributed by atoms with van der Waals surface area (Å²) in [6.45, 7) is 4.01. The van der Waals surface area contributed by atoms with Crippen LogP contribution in [0.25, 0.3) is 0 Å². The van der Waals surface area contributed by atoms with Gasteiger partial charge in [0.15, 0.2) is 0 Å². The van der Waals surface area contributed by atoms with E-state index >= 15 is 0 Å². The highest BCUT2D eigenvalue weighted by molar-refractivity contribution is 7.08. The number of hydrogen-bond acceptors (Lipinski definition) is 5. The number of carbonyl (C=O) groups excluding carboxylic acids is 1. The standard InChI is InChI=1S/C10H16N4OS/c1-5(2)8-9(16-14-13-8)10(15)12-7-3-6(11)4-7/h5-7H,3-4,11H2,1-2H3,(H,12,15). The van der Waals surface area contributed by atoms with Crippen LogP contribution >= 0.6 is 11.5 Å². The number of nitrogens with two attached hydrogens (primary N) is 1. The van der Waals surface area contributed by atoms with Crippen molar-refractivity contribution in [2.75, 3.05) is 0 Å². The fourth-order valence-electron chi connectivity index (χ4n) is 1.76. The van der Waals surface area contributed by atoms with Crippen LogP contribution in [0.5, 0.6) is 0 Å². The van der Waals surface area contributed by atoms with Crippen LogP contribution in [0, 0.1) is 0 Å². The van der Waals surface area contributed by atoms with Gasteiger partial charge in [-0.05, 0) is 30.3 Å². The van der Waals surface area contributed by atoms with Gasteiger partial charge in [0.2, 0.25) is 0 Å². The van der Waals surface area contributed by atoms with Crippen molar-refractivity contribution >= 4 is 17.4 Å². The topological polar surface area (TPSA) is 80.9 Å². The molecule has 0 saturated heterocycles. The Morgan fingerprint density at radius 2 is 2.25 bits per heavy atom. The van der Waals surface area contributed by atoms with Gasteiger partial charge in [0.25, 0.3) is 5.91 Å². The molecule has 5 nitrogen and oxygen atoms in total. The molecule has 1 aromatic heterocycles. The maximum atomic E-state index is 11.9. The molecule has 0 aliphatic heterocycles. The molecule has 0 aromatic carbocycles. The van der Waals surface area contributed by atoms with Gasteiger partial charge in [0.1, 0.15) is 4.88 Å². The van der Waals surface area contributed by atoms with Crippen molar-refractivity contribution < 1.29 is 4.79 Å². The summed E-state index contributed by atoms with van der Waals surface area (Å²) < 4.78 is 3.84. The second-order valence-electron chi connectivity index (χ2n) is 4.54. The second-order valence-corrected chi connectivity index (χ2v) is 5.30. The highest BCUT2D eigenvalue weighted by atomic mass is 32.1. The zero-order valence-corrected chi connectivity index (χ0v) is 10.3. The minimum Gasteiger partial charge on any atom is -0.348 e. The first-order valence-electron chi connectivity index (χ1n) is 5.46. The average molecular weight is 240 g/mol. The molecular weight excluding hydrogens is 224 g/mol. The monoisotopic (exact) mass is 240 g/mol. The normalized spacial score (nSPS) is 24.2. The van der Waals surface area contributed by atoms with Crippen molar-refractivity contribution in [2.45, 2.75) is 44.7 Å². The number of nitrogens with one attached hydrogen (secondary N) is 1. The lowest BCUT2D eigenvalue weighted by Gasteiger charge is -2.32. The van der Waals surface area contributed by atoms with Crippen LogP contribution in [0.2, 0.25) is 0 Å². The van der Waals surface area contributed by atoms with E-state index in [9.17, 15) is 4.79 Å². The van der Waals surface area contributed by atoms with Gasteiger partial charge in [0.05, 0.1) is 5.69 Å². The zero-order chi connectivity index (χ0) is 11.7. The van der Waals surface area contributed by atoms with Gasteiger partial charge in [-0.3, -0.25) is 4.79 Å². The Morgan fingerprint density at radius 1 is 1.56 bits per heavy atom. The number of rotatable bonds is 3. The quantitative estimate of drug-likeness (QED) is 0.822. The van der Waals surface area contributed by atoms with Gasteiger partial charge in [-0.15, -0.1) is 5.10 Å². The molecule has 1 fully saturated rings. The molecule has 2 rings (SSSR count). The van der Waals surface area contributed by atoms with Gasteiger partial charge in [-0.1, -0.05) is 18.3 Å². The Bertz CT molecular complexity index is 384. The summed E-state index contributed by atoms with van der Waals surface area (Å²) in [6.07, 6.45) is 1.74. The van der Waals surface area contributed by atoms with Crippen LogP contribution in [0.4, 0.5) is 0 Å².